The number of nitrogens with zero attached hydrogens (tertiary/aromatic N) is 2. The third-order valence-corrected chi connectivity index (χ3v) is 8.65. The Morgan fingerprint density at radius 3 is 2.51 bits per heavy atom. The summed E-state index contributed by atoms with van der Waals surface area (Å²) in [5.41, 5.74) is 3.30. The second-order valence-electron chi connectivity index (χ2n) is 9.15. The van der Waals surface area contributed by atoms with Crippen molar-refractivity contribution in [1.82, 2.24) is 4.57 Å². The number of fused-ring (bicyclic) bond motifs is 1. The highest BCUT2D eigenvalue weighted by Crippen LogP contribution is 2.35. The van der Waals surface area contributed by atoms with Crippen molar-refractivity contribution >= 4 is 57.6 Å². The van der Waals surface area contributed by atoms with Crippen molar-refractivity contribution in [3.8, 4) is 11.5 Å². The zero-order valence-electron chi connectivity index (χ0n) is 22.5. The normalized spacial score (nSPS) is 14.9. The van der Waals surface area contributed by atoms with E-state index in [-0.39, 0.29) is 5.56 Å². The number of rotatable bonds is 8. The van der Waals surface area contributed by atoms with Gasteiger partial charge in [0.1, 0.15) is 6.61 Å². The first-order chi connectivity index (χ1) is 19.8. The molecule has 4 aromatic rings. The number of carbonyl (C=O) groups excluding carboxylic acids is 1. The summed E-state index contributed by atoms with van der Waals surface area (Å²) in [6.45, 7) is 2.28. The zero-order chi connectivity index (χ0) is 29.1. The lowest BCUT2D eigenvalue weighted by molar-refractivity contribution is -0.136. The van der Waals surface area contributed by atoms with E-state index < -0.39 is 12.0 Å². The minimum atomic E-state index is -0.643. The Kier molecular flexibility index (Phi) is 8.96. The fourth-order valence-corrected chi connectivity index (χ4v) is 6.59. The molecule has 2 heterocycles. The van der Waals surface area contributed by atoms with Crippen LogP contribution in [0.4, 0.5) is 0 Å². The molecule has 41 heavy (non-hydrogen) atoms. The van der Waals surface area contributed by atoms with Crippen LogP contribution >= 0.6 is 45.5 Å². The standard InChI is InChI=1S/C31H26ClIN2O5S/c1-4-23-26(30(37)39-3)27(20-8-6-5-7-9-20)35-29(36)25(41-31(35)34-23)16-19-14-22(33)28(24(15-19)38-2)40-17-18-10-12-21(32)13-11-18/h5-16,27H,4,17H2,1-3H3/b25-16+/t27-/m0/s1. The van der Waals surface area contributed by atoms with Gasteiger partial charge in [-0.15, -0.1) is 0 Å². The van der Waals surface area contributed by atoms with E-state index in [1.165, 1.54) is 18.4 Å². The van der Waals surface area contributed by atoms with Gasteiger partial charge in [-0.25, -0.2) is 9.79 Å². The summed E-state index contributed by atoms with van der Waals surface area (Å²) in [6.07, 6.45) is 2.33. The van der Waals surface area contributed by atoms with Crippen LogP contribution in [0.25, 0.3) is 6.08 Å². The van der Waals surface area contributed by atoms with E-state index in [1.807, 2.05) is 79.7 Å². The molecule has 1 aromatic heterocycles. The van der Waals surface area contributed by atoms with Gasteiger partial charge in [-0.05, 0) is 76.0 Å². The van der Waals surface area contributed by atoms with E-state index in [0.29, 0.717) is 50.2 Å². The Morgan fingerprint density at radius 2 is 1.85 bits per heavy atom. The van der Waals surface area contributed by atoms with Crippen LogP contribution in [-0.2, 0) is 16.1 Å². The van der Waals surface area contributed by atoms with Crippen LogP contribution in [0.15, 0.2) is 87.8 Å². The van der Waals surface area contributed by atoms with Crippen molar-refractivity contribution in [2.75, 3.05) is 14.2 Å². The van der Waals surface area contributed by atoms with Crippen LogP contribution in [0, 0.1) is 3.57 Å². The summed E-state index contributed by atoms with van der Waals surface area (Å²) in [5, 5.41) is 0.665. The number of methoxy groups -OCH3 is 2. The average molecular weight is 701 g/mol. The Hall–Kier alpha value is -3.41. The summed E-state index contributed by atoms with van der Waals surface area (Å²) in [6, 6.07) is 20.1. The molecule has 7 nitrogen and oxygen atoms in total. The maximum absolute atomic E-state index is 13.9. The highest BCUT2D eigenvalue weighted by atomic mass is 127. The van der Waals surface area contributed by atoms with Crippen LogP contribution in [-0.4, -0.2) is 24.8 Å². The number of aromatic nitrogens is 1. The molecule has 210 valence electrons. The zero-order valence-corrected chi connectivity index (χ0v) is 26.2. The largest absolute Gasteiger partial charge is 0.493 e. The maximum atomic E-state index is 13.9. The first-order valence-corrected chi connectivity index (χ1v) is 15.0. The van der Waals surface area contributed by atoms with E-state index in [2.05, 4.69) is 22.6 Å². The minimum absolute atomic E-state index is 0.240. The van der Waals surface area contributed by atoms with Gasteiger partial charge in [0.25, 0.3) is 5.56 Å². The molecule has 0 N–H and O–H groups in total. The molecule has 0 amide bonds. The van der Waals surface area contributed by atoms with Crippen LogP contribution in [0.5, 0.6) is 11.5 Å². The molecule has 0 saturated carbocycles. The van der Waals surface area contributed by atoms with Crippen LogP contribution in [0.2, 0.25) is 5.02 Å². The van der Waals surface area contributed by atoms with E-state index in [0.717, 1.165) is 20.3 Å². The van der Waals surface area contributed by atoms with Gasteiger partial charge in [0.05, 0.1) is 39.6 Å². The molecule has 1 aliphatic rings. The molecule has 0 radical (unpaired) electrons. The lowest BCUT2D eigenvalue weighted by Gasteiger charge is -2.25. The van der Waals surface area contributed by atoms with Gasteiger partial charge in [0.2, 0.25) is 0 Å². The molecular weight excluding hydrogens is 675 g/mol. The molecule has 1 aliphatic heterocycles. The Labute approximate surface area is 259 Å². The van der Waals surface area contributed by atoms with Crippen molar-refractivity contribution in [1.29, 1.82) is 0 Å². The van der Waals surface area contributed by atoms with E-state index in [4.69, 9.17) is 30.8 Å². The second kappa shape index (κ2) is 12.6. The first kappa shape index (κ1) is 29.1. The summed E-state index contributed by atoms with van der Waals surface area (Å²) in [5.74, 6) is 0.663. The van der Waals surface area contributed by atoms with Crippen molar-refractivity contribution in [3.63, 3.8) is 0 Å². The van der Waals surface area contributed by atoms with Gasteiger partial charge in [-0.2, -0.15) is 0 Å². The molecule has 0 aliphatic carbocycles. The molecule has 10 heteroatoms. The highest BCUT2D eigenvalue weighted by molar-refractivity contribution is 14.1. The Bertz CT molecular complexity index is 1810. The van der Waals surface area contributed by atoms with Gasteiger partial charge in [-0.3, -0.25) is 9.36 Å². The quantitative estimate of drug-likeness (QED) is 0.176. The number of ether oxygens (including phenoxy) is 3. The first-order valence-electron chi connectivity index (χ1n) is 12.8. The van der Waals surface area contributed by atoms with Gasteiger partial charge in [0.15, 0.2) is 16.3 Å². The number of hydrogen-bond acceptors (Lipinski definition) is 7. The molecule has 0 bridgehead atoms. The van der Waals surface area contributed by atoms with Crippen molar-refractivity contribution in [3.05, 3.63) is 123 Å². The molecule has 0 fully saturated rings. The van der Waals surface area contributed by atoms with E-state index in [1.54, 1.807) is 11.7 Å². The van der Waals surface area contributed by atoms with Crippen LogP contribution in [0.3, 0.4) is 0 Å². The van der Waals surface area contributed by atoms with Gasteiger partial charge in [-0.1, -0.05) is 72.3 Å². The van der Waals surface area contributed by atoms with Gasteiger partial charge >= 0.3 is 5.97 Å². The molecule has 0 saturated heterocycles. The average Bonchev–Trinajstić information content (AvgIpc) is 3.30. The predicted octanol–water partition coefficient (Wildman–Crippen LogP) is 5.64. The van der Waals surface area contributed by atoms with Gasteiger partial charge < -0.3 is 14.2 Å². The molecular formula is C31H26ClIN2O5S. The summed E-state index contributed by atoms with van der Waals surface area (Å²) >= 11 is 9.48. The number of hydrogen-bond donors (Lipinski definition) is 0. The molecule has 0 spiro atoms. The monoisotopic (exact) mass is 700 g/mol. The Morgan fingerprint density at radius 1 is 1.12 bits per heavy atom. The second-order valence-corrected chi connectivity index (χ2v) is 11.8. The van der Waals surface area contributed by atoms with Crippen LogP contribution in [0.1, 0.15) is 36.1 Å². The van der Waals surface area contributed by atoms with Gasteiger partial charge in [0, 0.05) is 5.02 Å². The lowest BCUT2D eigenvalue weighted by Crippen LogP contribution is -2.40. The predicted molar refractivity (Wildman–Crippen MR) is 168 cm³/mol. The SMILES string of the molecule is CCC1=C(C(=O)OC)[C@H](c2ccccc2)n2c(s/c(=C/c3cc(I)c(OCc4ccc(Cl)cc4)c(OC)c3)c2=O)=N1. The minimum Gasteiger partial charge on any atom is -0.493 e. The smallest absolute Gasteiger partial charge is 0.338 e. The maximum Gasteiger partial charge on any atom is 0.338 e. The molecule has 3 aromatic carbocycles. The number of allylic oxidation sites excluding steroid dienone is 1. The molecule has 5 rings (SSSR count). The third kappa shape index (κ3) is 5.98. The fourth-order valence-electron chi connectivity index (χ4n) is 4.67. The Balaban J connectivity index is 1.58. The van der Waals surface area contributed by atoms with Crippen LogP contribution < -0.4 is 24.4 Å². The third-order valence-electron chi connectivity index (χ3n) is 6.61. The number of benzene rings is 3. The topological polar surface area (TPSA) is 79.1 Å². The van der Waals surface area contributed by atoms with Crippen molar-refractivity contribution in [2.45, 2.75) is 26.0 Å². The summed E-state index contributed by atoms with van der Waals surface area (Å²) in [4.78, 5) is 32.1. The molecule has 0 unspecified atom stereocenters. The van der Waals surface area contributed by atoms with Crippen molar-refractivity contribution < 1.29 is 19.0 Å². The van der Waals surface area contributed by atoms with E-state index >= 15 is 0 Å². The van der Waals surface area contributed by atoms with E-state index in [9.17, 15) is 9.59 Å². The molecule has 1 atom stereocenters. The fraction of sp³-hybridized carbons (Fsp3) is 0.194. The van der Waals surface area contributed by atoms with Crippen molar-refractivity contribution in [2.24, 2.45) is 4.99 Å². The lowest BCUT2D eigenvalue weighted by atomic mass is 9.95. The summed E-state index contributed by atoms with van der Waals surface area (Å²) in [7, 11) is 2.92. The number of thiazole rings is 1. The number of esters is 1. The number of halogens is 2. The highest BCUT2D eigenvalue weighted by Gasteiger charge is 2.33. The number of carbonyl (C=O) groups is 1. The summed E-state index contributed by atoms with van der Waals surface area (Å²) < 4.78 is 19.8.